The van der Waals surface area contributed by atoms with Crippen molar-refractivity contribution in [2.45, 2.75) is 11.3 Å². The minimum atomic E-state index is -0.0376. The Bertz CT molecular complexity index is 486. The van der Waals surface area contributed by atoms with Crippen LogP contribution in [-0.2, 0) is 9.53 Å². The van der Waals surface area contributed by atoms with Crippen LogP contribution in [0.2, 0.25) is 0 Å². The summed E-state index contributed by atoms with van der Waals surface area (Å²) in [5.74, 6) is 1.37. The number of methoxy groups -OCH3 is 1. The minimum Gasteiger partial charge on any atom is -0.491 e. The Morgan fingerprint density at radius 3 is 2.94 bits per heavy atom. The number of benzene rings is 1. The van der Waals surface area contributed by atoms with Gasteiger partial charge in [0.1, 0.15) is 0 Å². The molecule has 5 heteroatoms. The number of fused-ring (bicyclic) bond motifs is 1. The highest BCUT2D eigenvalue weighted by Crippen LogP contribution is 2.34. The second-order valence-electron chi connectivity index (χ2n) is 3.72. The molecule has 1 heterocycles. The molecule has 0 amide bonds. The number of ether oxygens (including phenoxy) is 1. The highest BCUT2D eigenvalue weighted by Gasteiger charge is 2.19. The van der Waals surface area contributed by atoms with Crippen LogP contribution in [0.25, 0.3) is 0 Å². The van der Waals surface area contributed by atoms with E-state index in [0.29, 0.717) is 5.76 Å². The lowest BCUT2D eigenvalue weighted by Gasteiger charge is -2.13. The van der Waals surface area contributed by atoms with Gasteiger partial charge in [-0.05, 0) is 18.4 Å². The SMILES string of the molecule is CO/C(C(=O)SC)=C1/CCSc2ccccc2N1. The maximum absolute atomic E-state index is 11.8. The standard InChI is InChI=1S/C13H15NO2S2/c1-16-12(13(15)17-2)10-7-8-18-11-6-4-3-5-9(11)14-10/h3-6,14H,7-8H2,1-2H3/b12-10-. The van der Waals surface area contributed by atoms with Gasteiger partial charge in [-0.25, -0.2) is 0 Å². The van der Waals surface area contributed by atoms with Gasteiger partial charge in [0, 0.05) is 17.1 Å². The van der Waals surface area contributed by atoms with Crippen molar-refractivity contribution in [1.29, 1.82) is 0 Å². The zero-order valence-electron chi connectivity index (χ0n) is 10.4. The van der Waals surface area contributed by atoms with Gasteiger partial charge in [-0.15, -0.1) is 11.8 Å². The summed E-state index contributed by atoms with van der Waals surface area (Å²) in [6, 6.07) is 8.11. The zero-order valence-corrected chi connectivity index (χ0v) is 12.0. The number of allylic oxidation sites excluding steroid dienone is 1. The van der Waals surface area contributed by atoms with Gasteiger partial charge in [0.25, 0.3) is 5.12 Å². The molecule has 0 atom stereocenters. The second kappa shape index (κ2) is 6.20. The molecule has 3 nitrogen and oxygen atoms in total. The normalized spacial score (nSPS) is 17.2. The first-order valence-corrected chi connectivity index (χ1v) is 7.81. The summed E-state index contributed by atoms with van der Waals surface area (Å²) in [5, 5.41) is 3.29. The molecular weight excluding hydrogens is 266 g/mol. The van der Waals surface area contributed by atoms with E-state index >= 15 is 0 Å². The quantitative estimate of drug-likeness (QED) is 0.665. The van der Waals surface area contributed by atoms with E-state index in [0.717, 1.165) is 23.6 Å². The Labute approximate surface area is 115 Å². The number of hydrogen-bond donors (Lipinski definition) is 1. The first-order chi connectivity index (χ1) is 8.76. The predicted octanol–water partition coefficient (Wildman–Crippen LogP) is 3.34. The summed E-state index contributed by atoms with van der Waals surface area (Å²) < 4.78 is 5.25. The Morgan fingerprint density at radius 1 is 1.44 bits per heavy atom. The van der Waals surface area contributed by atoms with Gasteiger partial charge < -0.3 is 10.1 Å². The van der Waals surface area contributed by atoms with E-state index in [2.05, 4.69) is 11.4 Å². The Morgan fingerprint density at radius 2 is 2.22 bits per heavy atom. The maximum atomic E-state index is 11.8. The predicted molar refractivity (Wildman–Crippen MR) is 78.0 cm³/mol. The van der Waals surface area contributed by atoms with Crippen molar-refractivity contribution in [3.63, 3.8) is 0 Å². The van der Waals surface area contributed by atoms with E-state index in [1.807, 2.05) is 18.2 Å². The van der Waals surface area contributed by atoms with Crippen molar-refractivity contribution in [3.05, 3.63) is 35.7 Å². The summed E-state index contributed by atoms with van der Waals surface area (Å²) in [5.41, 5.74) is 1.91. The fourth-order valence-electron chi connectivity index (χ4n) is 1.78. The van der Waals surface area contributed by atoms with E-state index in [1.54, 1.807) is 25.1 Å². The average Bonchev–Trinajstić information content (AvgIpc) is 2.61. The summed E-state index contributed by atoms with van der Waals surface area (Å²) in [6.07, 6.45) is 2.57. The molecule has 1 N–H and O–H groups in total. The molecule has 0 bridgehead atoms. The minimum absolute atomic E-state index is 0.0376. The number of anilines is 1. The molecule has 18 heavy (non-hydrogen) atoms. The third-order valence-electron chi connectivity index (χ3n) is 2.63. The Kier molecular flexibility index (Phi) is 4.60. The molecule has 0 fully saturated rings. The number of carbonyl (C=O) groups excluding carboxylic acids is 1. The smallest absolute Gasteiger partial charge is 0.255 e. The van der Waals surface area contributed by atoms with Crippen molar-refractivity contribution in [2.24, 2.45) is 0 Å². The van der Waals surface area contributed by atoms with Crippen LogP contribution in [0.3, 0.4) is 0 Å². The number of rotatable bonds is 2. The topological polar surface area (TPSA) is 38.3 Å². The number of nitrogens with one attached hydrogen (secondary N) is 1. The van der Waals surface area contributed by atoms with Crippen LogP contribution in [0, 0.1) is 0 Å². The van der Waals surface area contributed by atoms with Gasteiger partial charge in [-0.1, -0.05) is 23.9 Å². The van der Waals surface area contributed by atoms with E-state index in [4.69, 9.17) is 4.74 Å². The van der Waals surface area contributed by atoms with Gasteiger partial charge in [0.15, 0.2) is 5.76 Å². The maximum Gasteiger partial charge on any atom is 0.255 e. The lowest BCUT2D eigenvalue weighted by molar-refractivity contribution is -0.110. The van der Waals surface area contributed by atoms with Crippen molar-refractivity contribution in [1.82, 2.24) is 0 Å². The molecule has 0 aromatic heterocycles. The molecule has 0 spiro atoms. The molecule has 0 saturated carbocycles. The average molecular weight is 281 g/mol. The monoisotopic (exact) mass is 281 g/mol. The fraction of sp³-hybridized carbons (Fsp3) is 0.308. The van der Waals surface area contributed by atoms with E-state index in [1.165, 1.54) is 16.7 Å². The fourth-order valence-corrected chi connectivity index (χ4v) is 3.14. The van der Waals surface area contributed by atoms with E-state index in [-0.39, 0.29) is 5.12 Å². The van der Waals surface area contributed by atoms with Crippen LogP contribution >= 0.6 is 23.5 Å². The first-order valence-electron chi connectivity index (χ1n) is 5.60. The van der Waals surface area contributed by atoms with Gasteiger partial charge >= 0.3 is 0 Å². The largest absolute Gasteiger partial charge is 0.491 e. The van der Waals surface area contributed by atoms with E-state index in [9.17, 15) is 4.79 Å². The second-order valence-corrected chi connectivity index (χ2v) is 5.64. The molecule has 0 saturated heterocycles. The molecule has 1 aliphatic rings. The molecule has 96 valence electrons. The third-order valence-corrected chi connectivity index (χ3v) is 4.26. The Balaban J connectivity index is 2.36. The molecule has 2 rings (SSSR count). The third kappa shape index (κ3) is 2.84. The van der Waals surface area contributed by atoms with Crippen molar-refractivity contribution >= 4 is 34.3 Å². The van der Waals surface area contributed by atoms with Gasteiger partial charge in [0.05, 0.1) is 18.5 Å². The Hall–Kier alpha value is -1.07. The number of carbonyl (C=O) groups is 1. The van der Waals surface area contributed by atoms with Crippen LogP contribution < -0.4 is 5.32 Å². The summed E-state index contributed by atoms with van der Waals surface area (Å²) in [4.78, 5) is 13.0. The van der Waals surface area contributed by atoms with Crippen molar-refractivity contribution in [2.75, 3.05) is 24.4 Å². The highest BCUT2D eigenvalue weighted by molar-refractivity contribution is 8.13. The molecular formula is C13H15NO2S2. The van der Waals surface area contributed by atoms with Crippen LogP contribution in [0.4, 0.5) is 5.69 Å². The number of thioether (sulfide) groups is 2. The van der Waals surface area contributed by atoms with Crippen molar-refractivity contribution < 1.29 is 9.53 Å². The molecule has 0 radical (unpaired) electrons. The van der Waals surface area contributed by atoms with Crippen LogP contribution in [-0.4, -0.2) is 24.2 Å². The first kappa shape index (κ1) is 13.4. The zero-order chi connectivity index (χ0) is 13.0. The number of para-hydroxylation sites is 1. The molecule has 1 aromatic rings. The van der Waals surface area contributed by atoms with Gasteiger partial charge in [-0.2, -0.15) is 0 Å². The van der Waals surface area contributed by atoms with E-state index < -0.39 is 0 Å². The van der Waals surface area contributed by atoms with Gasteiger partial charge in [-0.3, -0.25) is 4.79 Å². The lowest BCUT2D eigenvalue weighted by Crippen LogP contribution is -2.10. The molecule has 1 aromatic carbocycles. The molecule has 0 aliphatic carbocycles. The highest BCUT2D eigenvalue weighted by atomic mass is 32.2. The summed E-state index contributed by atoms with van der Waals surface area (Å²) in [6.45, 7) is 0. The number of hydrogen-bond acceptors (Lipinski definition) is 5. The van der Waals surface area contributed by atoms with Crippen LogP contribution in [0.15, 0.2) is 40.6 Å². The molecule has 0 unspecified atom stereocenters. The van der Waals surface area contributed by atoms with Gasteiger partial charge in [0.2, 0.25) is 0 Å². The molecule has 1 aliphatic heterocycles. The van der Waals surface area contributed by atoms with Crippen molar-refractivity contribution in [3.8, 4) is 0 Å². The van der Waals surface area contributed by atoms with Crippen LogP contribution in [0.5, 0.6) is 0 Å². The van der Waals surface area contributed by atoms with Crippen LogP contribution in [0.1, 0.15) is 6.42 Å². The summed E-state index contributed by atoms with van der Waals surface area (Å²) >= 11 is 2.96. The lowest BCUT2D eigenvalue weighted by atomic mass is 10.2. The summed E-state index contributed by atoms with van der Waals surface area (Å²) in [7, 11) is 1.54.